The summed E-state index contributed by atoms with van der Waals surface area (Å²) in [5.41, 5.74) is 2.62. The Balaban J connectivity index is 3.43. The minimum atomic E-state index is 0.629. The van der Waals surface area contributed by atoms with Crippen molar-refractivity contribution in [2.45, 2.75) is 34.1 Å². The molecule has 0 aliphatic heterocycles. The molecule has 0 aromatic carbocycles. The number of allylic oxidation sites excluding steroid dienone is 3. The van der Waals surface area contributed by atoms with Gasteiger partial charge in [-0.25, -0.2) is 0 Å². The van der Waals surface area contributed by atoms with E-state index in [2.05, 4.69) is 32.9 Å². The third kappa shape index (κ3) is 11.8. The maximum Gasteiger partial charge on any atom is 0.0704 e. The summed E-state index contributed by atoms with van der Waals surface area (Å²) >= 11 is 0. The molecule has 0 spiro atoms. The minimum absolute atomic E-state index is 0.629. The van der Waals surface area contributed by atoms with E-state index in [-0.39, 0.29) is 0 Å². The Bertz CT molecular complexity index is 244. The van der Waals surface area contributed by atoms with Gasteiger partial charge in [0.1, 0.15) is 0 Å². The first-order valence-corrected chi connectivity index (χ1v) is 6.76. The molecule has 18 heavy (non-hydrogen) atoms. The van der Waals surface area contributed by atoms with Crippen LogP contribution in [0.5, 0.6) is 0 Å². The molecule has 0 aromatic rings. The highest BCUT2D eigenvalue weighted by Crippen LogP contribution is 2.01. The highest BCUT2D eigenvalue weighted by molar-refractivity contribution is 5.15. The summed E-state index contributed by atoms with van der Waals surface area (Å²) in [5, 5.41) is 0. The van der Waals surface area contributed by atoms with Gasteiger partial charge in [-0.05, 0) is 32.8 Å². The van der Waals surface area contributed by atoms with Crippen LogP contribution in [0.25, 0.3) is 0 Å². The smallest absolute Gasteiger partial charge is 0.0704 e. The molecule has 0 aliphatic rings. The van der Waals surface area contributed by atoms with Crippen molar-refractivity contribution in [1.82, 2.24) is 0 Å². The molecule has 0 amide bonds. The lowest BCUT2D eigenvalue weighted by molar-refractivity contribution is 0.0212. The second-order valence-electron chi connectivity index (χ2n) is 4.24. The van der Waals surface area contributed by atoms with Gasteiger partial charge in [-0.1, -0.05) is 24.6 Å². The number of hydrogen-bond donors (Lipinski definition) is 0. The molecular weight excluding hydrogens is 228 g/mol. The Kier molecular flexibility index (Phi) is 12.4. The third-order valence-corrected chi connectivity index (χ3v) is 2.49. The third-order valence-electron chi connectivity index (χ3n) is 2.49. The van der Waals surface area contributed by atoms with Crippen molar-refractivity contribution in [2.75, 3.05) is 39.6 Å². The van der Waals surface area contributed by atoms with Crippen LogP contribution in [0.2, 0.25) is 0 Å². The van der Waals surface area contributed by atoms with Gasteiger partial charge in [0.2, 0.25) is 0 Å². The summed E-state index contributed by atoms with van der Waals surface area (Å²) in [6, 6.07) is 0. The normalized spacial score (nSPS) is 13.1. The maximum absolute atomic E-state index is 5.50. The predicted molar refractivity (Wildman–Crippen MR) is 75.9 cm³/mol. The van der Waals surface area contributed by atoms with Crippen LogP contribution in [0.3, 0.4) is 0 Å². The fraction of sp³-hybridized carbons (Fsp3) is 0.733. The van der Waals surface area contributed by atoms with E-state index in [0.717, 1.165) is 13.0 Å². The molecule has 0 radical (unpaired) electrons. The van der Waals surface area contributed by atoms with Crippen LogP contribution in [-0.4, -0.2) is 39.6 Å². The van der Waals surface area contributed by atoms with Crippen molar-refractivity contribution in [3.05, 3.63) is 23.3 Å². The average molecular weight is 256 g/mol. The van der Waals surface area contributed by atoms with Crippen LogP contribution >= 0.6 is 0 Å². The Hall–Kier alpha value is -0.640. The van der Waals surface area contributed by atoms with Crippen molar-refractivity contribution in [3.63, 3.8) is 0 Å². The molecule has 0 fully saturated rings. The second-order valence-corrected chi connectivity index (χ2v) is 4.24. The van der Waals surface area contributed by atoms with Gasteiger partial charge in [0.15, 0.2) is 0 Å². The minimum Gasteiger partial charge on any atom is -0.379 e. The zero-order valence-electron chi connectivity index (χ0n) is 12.3. The highest BCUT2D eigenvalue weighted by Gasteiger charge is 1.92. The molecule has 0 rings (SSSR count). The number of ether oxygens (including phenoxy) is 3. The maximum atomic E-state index is 5.50. The van der Waals surface area contributed by atoms with Crippen LogP contribution in [0.15, 0.2) is 23.3 Å². The van der Waals surface area contributed by atoms with E-state index in [1.807, 2.05) is 6.92 Å². The largest absolute Gasteiger partial charge is 0.379 e. The summed E-state index contributed by atoms with van der Waals surface area (Å²) in [7, 11) is 0. The van der Waals surface area contributed by atoms with Crippen molar-refractivity contribution in [3.8, 4) is 0 Å². The zero-order valence-corrected chi connectivity index (χ0v) is 12.3. The Morgan fingerprint density at radius 3 is 1.94 bits per heavy atom. The van der Waals surface area contributed by atoms with Gasteiger partial charge in [0.25, 0.3) is 0 Å². The number of rotatable bonds is 11. The van der Waals surface area contributed by atoms with Crippen LogP contribution in [0, 0.1) is 0 Å². The molecule has 3 nitrogen and oxygen atoms in total. The van der Waals surface area contributed by atoms with E-state index >= 15 is 0 Å². The van der Waals surface area contributed by atoms with Crippen LogP contribution in [0.1, 0.15) is 34.1 Å². The molecule has 0 unspecified atom stereocenters. The molecule has 0 heterocycles. The van der Waals surface area contributed by atoms with Gasteiger partial charge in [0.05, 0.1) is 33.0 Å². The van der Waals surface area contributed by atoms with Gasteiger partial charge in [-0.3, -0.25) is 0 Å². The topological polar surface area (TPSA) is 27.7 Å². The molecule has 0 aliphatic carbocycles. The summed E-state index contributed by atoms with van der Waals surface area (Å²) in [5.74, 6) is 0. The lowest BCUT2D eigenvalue weighted by Crippen LogP contribution is -2.09. The molecule has 0 atom stereocenters. The summed E-state index contributed by atoms with van der Waals surface area (Å²) < 4.78 is 16.0. The van der Waals surface area contributed by atoms with Crippen LogP contribution < -0.4 is 0 Å². The average Bonchev–Trinajstić information content (AvgIpc) is 2.39. The fourth-order valence-corrected chi connectivity index (χ4v) is 1.17. The fourth-order valence-electron chi connectivity index (χ4n) is 1.17. The Morgan fingerprint density at radius 1 is 0.778 bits per heavy atom. The van der Waals surface area contributed by atoms with Gasteiger partial charge < -0.3 is 14.2 Å². The lowest BCUT2D eigenvalue weighted by Gasteiger charge is -2.06. The van der Waals surface area contributed by atoms with E-state index in [9.17, 15) is 0 Å². The van der Waals surface area contributed by atoms with E-state index < -0.39 is 0 Å². The Morgan fingerprint density at radius 2 is 1.33 bits per heavy atom. The molecule has 0 N–H and O–H groups in total. The SMILES string of the molecule is CCOCCOCCOCC(C)=CC=C(C)CC. The van der Waals surface area contributed by atoms with Gasteiger partial charge in [-0.2, -0.15) is 0 Å². The molecule has 0 aromatic heterocycles. The van der Waals surface area contributed by atoms with Crippen LogP contribution in [-0.2, 0) is 14.2 Å². The van der Waals surface area contributed by atoms with E-state index in [1.54, 1.807) is 0 Å². The number of hydrogen-bond acceptors (Lipinski definition) is 3. The first-order valence-electron chi connectivity index (χ1n) is 6.76. The second kappa shape index (κ2) is 12.8. The van der Waals surface area contributed by atoms with Gasteiger partial charge in [-0.15, -0.1) is 0 Å². The summed E-state index contributed by atoms with van der Waals surface area (Å²) in [6.45, 7) is 12.3. The monoisotopic (exact) mass is 256 g/mol. The molecular formula is C15H28O3. The molecule has 0 saturated carbocycles. The van der Waals surface area contributed by atoms with Crippen molar-refractivity contribution in [2.24, 2.45) is 0 Å². The predicted octanol–water partition coefficient (Wildman–Crippen LogP) is 3.36. The van der Waals surface area contributed by atoms with Crippen molar-refractivity contribution >= 4 is 0 Å². The molecule has 3 heteroatoms. The molecule has 0 bridgehead atoms. The molecule has 0 saturated heterocycles. The van der Waals surface area contributed by atoms with Gasteiger partial charge in [0, 0.05) is 6.61 Å². The first-order chi connectivity index (χ1) is 8.70. The Labute approximate surface area is 112 Å². The van der Waals surface area contributed by atoms with E-state index in [1.165, 1.54) is 11.1 Å². The quantitative estimate of drug-likeness (QED) is 0.419. The standard InChI is InChI=1S/C15H28O3/c1-5-14(3)7-8-15(4)13-18-12-11-17-10-9-16-6-2/h7-8H,5-6,9-13H2,1-4H3. The zero-order chi connectivity index (χ0) is 13.6. The van der Waals surface area contributed by atoms with Gasteiger partial charge >= 0.3 is 0 Å². The first kappa shape index (κ1) is 17.4. The van der Waals surface area contributed by atoms with E-state index in [4.69, 9.17) is 14.2 Å². The molecule has 106 valence electrons. The van der Waals surface area contributed by atoms with Crippen molar-refractivity contribution in [1.29, 1.82) is 0 Å². The van der Waals surface area contributed by atoms with Crippen LogP contribution in [0.4, 0.5) is 0 Å². The van der Waals surface area contributed by atoms with E-state index in [0.29, 0.717) is 33.0 Å². The highest BCUT2D eigenvalue weighted by atomic mass is 16.5. The summed E-state index contributed by atoms with van der Waals surface area (Å²) in [4.78, 5) is 0. The summed E-state index contributed by atoms with van der Waals surface area (Å²) in [6.07, 6.45) is 5.37. The van der Waals surface area contributed by atoms with Crippen molar-refractivity contribution < 1.29 is 14.2 Å². The lowest BCUT2D eigenvalue weighted by atomic mass is 10.2.